The Hall–Kier alpha value is -0.160. The summed E-state index contributed by atoms with van der Waals surface area (Å²) in [6, 6.07) is 0.775. The number of ether oxygens (including phenoxy) is 1. The van der Waals surface area contributed by atoms with Crippen LogP contribution in [-0.2, 0) is 4.74 Å². The highest BCUT2D eigenvalue weighted by atomic mass is 16.5. The number of nitrogens with zero attached hydrogens (tertiary/aromatic N) is 1. The van der Waals surface area contributed by atoms with Gasteiger partial charge in [-0.3, -0.25) is 0 Å². The third-order valence-electron chi connectivity index (χ3n) is 5.24. The first kappa shape index (κ1) is 14.8. The molecule has 0 radical (unpaired) electrons. The van der Waals surface area contributed by atoms with Crippen molar-refractivity contribution < 1.29 is 9.84 Å². The smallest absolute Gasteiger partial charge is 0.0632 e. The SMILES string of the molecule is CC1(O)CCCN(CC2(CNC3CC3)CCOC2)CC1. The Bertz CT molecular complexity index is 322. The number of aliphatic hydroxyl groups is 1. The minimum atomic E-state index is -0.458. The highest BCUT2D eigenvalue weighted by Crippen LogP contribution is 2.32. The van der Waals surface area contributed by atoms with Crippen LogP contribution >= 0.6 is 0 Å². The van der Waals surface area contributed by atoms with E-state index in [1.165, 1.54) is 19.3 Å². The second-order valence-electron chi connectivity index (χ2n) is 7.58. The molecule has 4 nitrogen and oxygen atoms in total. The summed E-state index contributed by atoms with van der Waals surface area (Å²) in [7, 11) is 0. The van der Waals surface area contributed by atoms with E-state index in [1.54, 1.807) is 0 Å². The van der Waals surface area contributed by atoms with E-state index in [1.807, 2.05) is 6.92 Å². The van der Waals surface area contributed by atoms with Crippen LogP contribution in [0.4, 0.5) is 0 Å². The van der Waals surface area contributed by atoms with E-state index in [2.05, 4.69) is 10.2 Å². The van der Waals surface area contributed by atoms with E-state index < -0.39 is 5.60 Å². The predicted octanol–water partition coefficient (Wildman–Crippen LogP) is 1.38. The van der Waals surface area contributed by atoms with Crippen molar-refractivity contribution in [2.75, 3.05) is 39.4 Å². The van der Waals surface area contributed by atoms with E-state index >= 15 is 0 Å². The van der Waals surface area contributed by atoms with Gasteiger partial charge in [0.1, 0.15) is 0 Å². The molecule has 0 aromatic carbocycles. The van der Waals surface area contributed by atoms with Crippen molar-refractivity contribution in [2.24, 2.45) is 5.41 Å². The summed E-state index contributed by atoms with van der Waals surface area (Å²) in [5, 5.41) is 13.9. The van der Waals surface area contributed by atoms with Crippen LogP contribution in [-0.4, -0.2) is 61.0 Å². The van der Waals surface area contributed by atoms with Crippen LogP contribution in [0.5, 0.6) is 0 Å². The molecule has 2 heterocycles. The third kappa shape index (κ3) is 3.94. The van der Waals surface area contributed by atoms with Gasteiger partial charge >= 0.3 is 0 Å². The van der Waals surface area contributed by atoms with E-state index in [0.29, 0.717) is 5.41 Å². The molecule has 2 aliphatic heterocycles. The molecule has 3 fully saturated rings. The molecule has 116 valence electrons. The molecule has 20 heavy (non-hydrogen) atoms. The van der Waals surface area contributed by atoms with Crippen molar-refractivity contribution in [3.05, 3.63) is 0 Å². The van der Waals surface area contributed by atoms with Crippen LogP contribution in [0.1, 0.15) is 45.4 Å². The van der Waals surface area contributed by atoms with Crippen molar-refractivity contribution in [1.29, 1.82) is 0 Å². The molecular formula is C16H30N2O2. The topological polar surface area (TPSA) is 44.7 Å². The fourth-order valence-electron chi connectivity index (χ4n) is 3.57. The lowest BCUT2D eigenvalue weighted by molar-refractivity contribution is 0.0420. The Morgan fingerprint density at radius 1 is 1.25 bits per heavy atom. The zero-order chi connectivity index (χ0) is 14.1. The van der Waals surface area contributed by atoms with Gasteiger partial charge in [0.25, 0.3) is 0 Å². The molecule has 3 aliphatic rings. The van der Waals surface area contributed by atoms with Gasteiger partial charge in [-0.25, -0.2) is 0 Å². The Morgan fingerprint density at radius 2 is 2.10 bits per heavy atom. The van der Waals surface area contributed by atoms with Crippen LogP contribution in [0.15, 0.2) is 0 Å². The average Bonchev–Trinajstić information content (AvgIpc) is 3.15. The van der Waals surface area contributed by atoms with E-state index in [-0.39, 0.29) is 0 Å². The number of nitrogens with one attached hydrogen (secondary N) is 1. The zero-order valence-corrected chi connectivity index (χ0v) is 12.9. The highest BCUT2D eigenvalue weighted by Gasteiger charge is 2.38. The summed E-state index contributed by atoms with van der Waals surface area (Å²) in [5.41, 5.74) is -0.154. The first-order chi connectivity index (χ1) is 9.57. The summed E-state index contributed by atoms with van der Waals surface area (Å²) in [4.78, 5) is 2.56. The lowest BCUT2D eigenvalue weighted by atomic mass is 9.86. The Morgan fingerprint density at radius 3 is 2.80 bits per heavy atom. The van der Waals surface area contributed by atoms with Gasteiger partial charge in [0.05, 0.1) is 12.2 Å². The Kier molecular flexibility index (Phi) is 4.37. The van der Waals surface area contributed by atoms with Crippen LogP contribution in [0, 0.1) is 5.41 Å². The summed E-state index contributed by atoms with van der Waals surface area (Å²) >= 11 is 0. The predicted molar refractivity (Wildman–Crippen MR) is 79.8 cm³/mol. The van der Waals surface area contributed by atoms with Gasteiger partial charge in [0, 0.05) is 37.7 Å². The molecule has 2 N–H and O–H groups in total. The van der Waals surface area contributed by atoms with Crippen molar-refractivity contribution in [2.45, 2.75) is 57.1 Å². The molecule has 0 amide bonds. The minimum absolute atomic E-state index is 0.304. The molecule has 1 saturated carbocycles. The third-order valence-corrected chi connectivity index (χ3v) is 5.24. The summed E-state index contributed by atoms with van der Waals surface area (Å²) in [6.07, 6.45) is 6.83. The van der Waals surface area contributed by atoms with Gasteiger partial charge in [-0.1, -0.05) is 0 Å². The first-order valence-electron chi connectivity index (χ1n) is 8.33. The number of hydrogen-bond donors (Lipinski definition) is 2. The molecule has 2 saturated heterocycles. The summed E-state index contributed by atoms with van der Waals surface area (Å²) in [5.74, 6) is 0. The molecule has 0 bridgehead atoms. The van der Waals surface area contributed by atoms with E-state index in [0.717, 1.165) is 64.7 Å². The molecule has 1 aliphatic carbocycles. The Balaban J connectivity index is 1.55. The molecule has 0 aromatic heterocycles. The van der Waals surface area contributed by atoms with Crippen molar-refractivity contribution in [3.63, 3.8) is 0 Å². The van der Waals surface area contributed by atoms with E-state index in [4.69, 9.17) is 4.74 Å². The van der Waals surface area contributed by atoms with Crippen LogP contribution in [0.25, 0.3) is 0 Å². The van der Waals surface area contributed by atoms with Crippen molar-refractivity contribution in [3.8, 4) is 0 Å². The van der Waals surface area contributed by atoms with Crippen LogP contribution < -0.4 is 5.32 Å². The van der Waals surface area contributed by atoms with Crippen LogP contribution in [0.2, 0.25) is 0 Å². The molecule has 3 rings (SSSR count). The average molecular weight is 282 g/mol. The van der Waals surface area contributed by atoms with Gasteiger partial charge in [-0.2, -0.15) is 0 Å². The normalized spacial score (nSPS) is 39.9. The lowest BCUT2D eigenvalue weighted by Gasteiger charge is -2.34. The fraction of sp³-hybridized carbons (Fsp3) is 1.00. The van der Waals surface area contributed by atoms with Gasteiger partial charge < -0.3 is 20.1 Å². The summed E-state index contributed by atoms with van der Waals surface area (Å²) in [6.45, 7) is 8.18. The van der Waals surface area contributed by atoms with Crippen molar-refractivity contribution in [1.82, 2.24) is 10.2 Å². The summed E-state index contributed by atoms with van der Waals surface area (Å²) < 4.78 is 5.71. The molecule has 0 spiro atoms. The molecular weight excluding hydrogens is 252 g/mol. The van der Waals surface area contributed by atoms with Gasteiger partial charge in [-0.15, -0.1) is 0 Å². The van der Waals surface area contributed by atoms with Gasteiger partial charge in [0.2, 0.25) is 0 Å². The highest BCUT2D eigenvalue weighted by molar-refractivity contribution is 4.93. The molecule has 4 heteroatoms. The number of rotatable bonds is 5. The van der Waals surface area contributed by atoms with Crippen molar-refractivity contribution >= 4 is 0 Å². The molecule has 2 atom stereocenters. The second kappa shape index (κ2) is 5.91. The maximum absolute atomic E-state index is 10.2. The van der Waals surface area contributed by atoms with Gasteiger partial charge in [-0.05, 0) is 52.0 Å². The minimum Gasteiger partial charge on any atom is -0.390 e. The maximum atomic E-state index is 10.2. The monoisotopic (exact) mass is 282 g/mol. The number of likely N-dealkylation sites (tertiary alicyclic amines) is 1. The van der Waals surface area contributed by atoms with E-state index in [9.17, 15) is 5.11 Å². The standard InChI is InChI=1S/C16H30N2O2/c1-15(19)5-2-8-18(9-6-15)12-16(7-10-20-13-16)11-17-14-3-4-14/h14,17,19H,2-13H2,1H3. The largest absolute Gasteiger partial charge is 0.390 e. The first-order valence-corrected chi connectivity index (χ1v) is 8.33. The van der Waals surface area contributed by atoms with Gasteiger partial charge in [0.15, 0.2) is 0 Å². The van der Waals surface area contributed by atoms with Crippen LogP contribution in [0.3, 0.4) is 0 Å². The second-order valence-corrected chi connectivity index (χ2v) is 7.58. The fourth-order valence-corrected chi connectivity index (χ4v) is 3.57. The maximum Gasteiger partial charge on any atom is 0.0632 e. The Labute approximate surface area is 122 Å². The molecule has 2 unspecified atom stereocenters. The zero-order valence-electron chi connectivity index (χ0n) is 12.9. The quantitative estimate of drug-likeness (QED) is 0.800. The lowest BCUT2D eigenvalue weighted by Crippen LogP contribution is -2.45. The molecule has 0 aromatic rings. The number of hydrogen-bond acceptors (Lipinski definition) is 4.